The predicted molar refractivity (Wildman–Crippen MR) is 70.9 cm³/mol. The van der Waals surface area contributed by atoms with E-state index in [1.165, 1.54) is 12.4 Å². The highest BCUT2D eigenvalue weighted by molar-refractivity contribution is 7.93. The third kappa shape index (κ3) is 1.73. The Balaban J connectivity index is 2.30. The van der Waals surface area contributed by atoms with Gasteiger partial charge in [0.05, 0.1) is 4.90 Å². The summed E-state index contributed by atoms with van der Waals surface area (Å²) in [4.78, 5) is 6.98. The van der Waals surface area contributed by atoms with Gasteiger partial charge in [-0.25, -0.2) is 13.4 Å². The Bertz CT molecular complexity index is 807. The van der Waals surface area contributed by atoms with E-state index in [0.29, 0.717) is 10.4 Å². The number of fused-ring (bicyclic) bond motifs is 1. The average Bonchev–Trinajstić information content (AvgIpc) is 2.97. The van der Waals surface area contributed by atoms with Gasteiger partial charge in [0.2, 0.25) is 14.2 Å². The monoisotopic (exact) mass is 298 g/mol. The van der Waals surface area contributed by atoms with Crippen LogP contribution in [0.5, 0.6) is 0 Å². The Labute approximate surface area is 112 Å². The topological polar surface area (TPSA) is 62.8 Å². The van der Waals surface area contributed by atoms with Crippen molar-refractivity contribution >= 4 is 43.7 Å². The van der Waals surface area contributed by atoms with Crippen LogP contribution in [0.2, 0.25) is 5.02 Å². The first-order valence-corrected chi connectivity index (χ1v) is 7.74. The number of hydrogen-bond donors (Lipinski definition) is 1. The lowest BCUT2D eigenvalue weighted by molar-refractivity contribution is 0.596. The number of rotatable bonds is 2. The molecule has 0 saturated heterocycles. The highest BCUT2D eigenvalue weighted by Gasteiger charge is 2.24. The van der Waals surface area contributed by atoms with Gasteiger partial charge in [-0.05, 0) is 18.2 Å². The molecule has 0 aliphatic rings. The van der Waals surface area contributed by atoms with Crippen LogP contribution in [0, 0.1) is 0 Å². The summed E-state index contributed by atoms with van der Waals surface area (Å²) < 4.78 is 24.8. The van der Waals surface area contributed by atoms with Crippen LogP contribution in [0.1, 0.15) is 0 Å². The summed E-state index contributed by atoms with van der Waals surface area (Å²) in [5.74, 6) is 0. The molecule has 0 atom stereocenters. The molecule has 18 heavy (non-hydrogen) atoms. The number of benzene rings is 1. The minimum atomic E-state index is -3.58. The number of nitrogens with one attached hydrogen (secondary N) is 1. The van der Waals surface area contributed by atoms with Crippen molar-refractivity contribution in [3.05, 3.63) is 41.0 Å². The lowest BCUT2D eigenvalue weighted by atomic mass is 10.2. The van der Waals surface area contributed by atoms with Gasteiger partial charge in [0.15, 0.2) is 0 Å². The van der Waals surface area contributed by atoms with Gasteiger partial charge >= 0.3 is 0 Å². The second kappa shape index (κ2) is 4.08. The van der Waals surface area contributed by atoms with Crippen LogP contribution in [-0.4, -0.2) is 18.4 Å². The summed E-state index contributed by atoms with van der Waals surface area (Å²) in [6, 6.07) is 5.09. The first-order valence-electron chi connectivity index (χ1n) is 5.00. The van der Waals surface area contributed by atoms with Crippen LogP contribution in [0.4, 0.5) is 0 Å². The summed E-state index contributed by atoms with van der Waals surface area (Å²) >= 11 is 7.00. The van der Waals surface area contributed by atoms with E-state index < -0.39 is 9.84 Å². The molecular formula is C11H7ClN2O2S2. The number of halogens is 1. The van der Waals surface area contributed by atoms with E-state index in [1.807, 2.05) is 0 Å². The number of aromatic amines is 1. The zero-order valence-electron chi connectivity index (χ0n) is 8.92. The largest absolute Gasteiger partial charge is 0.360 e. The number of nitrogens with zero attached hydrogens (tertiary/aromatic N) is 1. The maximum atomic E-state index is 12.4. The molecule has 0 aliphatic carbocycles. The molecule has 92 valence electrons. The predicted octanol–water partition coefficient (Wildman–Crippen LogP) is 3.11. The average molecular weight is 299 g/mol. The van der Waals surface area contributed by atoms with E-state index in [9.17, 15) is 8.42 Å². The molecule has 4 nitrogen and oxygen atoms in total. The number of thiazole rings is 1. The fourth-order valence-corrected chi connectivity index (χ4v) is 4.26. The van der Waals surface area contributed by atoms with Gasteiger partial charge in [0, 0.05) is 33.7 Å². The van der Waals surface area contributed by atoms with Crippen LogP contribution in [-0.2, 0) is 9.84 Å². The Morgan fingerprint density at radius 2 is 2.17 bits per heavy atom. The van der Waals surface area contributed by atoms with Crippen molar-refractivity contribution in [3.63, 3.8) is 0 Å². The van der Waals surface area contributed by atoms with Crippen LogP contribution in [0.25, 0.3) is 10.9 Å². The summed E-state index contributed by atoms with van der Waals surface area (Å²) in [7, 11) is -3.58. The zero-order chi connectivity index (χ0) is 12.8. The van der Waals surface area contributed by atoms with Gasteiger partial charge in [-0.3, -0.25) is 0 Å². The Kier molecular flexibility index (Phi) is 2.65. The molecule has 0 spiro atoms. The van der Waals surface area contributed by atoms with Crippen LogP contribution >= 0.6 is 22.9 Å². The lowest BCUT2D eigenvalue weighted by Gasteiger charge is -1.99. The Hall–Kier alpha value is -1.37. The lowest BCUT2D eigenvalue weighted by Crippen LogP contribution is -2.00. The molecule has 3 rings (SSSR count). The molecule has 0 aliphatic heterocycles. The maximum absolute atomic E-state index is 12.4. The normalized spacial score (nSPS) is 12.1. The van der Waals surface area contributed by atoms with Crippen LogP contribution in [0.3, 0.4) is 0 Å². The van der Waals surface area contributed by atoms with E-state index in [0.717, 1.165) is 16.9 Å². The molecule has 0 unspecified atom stereocenters. The quantitative estimate of drug-likeness (QED) is 0.790. The molecule has 0 amide bonds. The smallest absolute Gasteiger partial charge is 0.235 e. The number of hydrogen-bond acceptors (Lipinski definition) is 4. The summed E-state index contributed by atoms with van der Waals surface area (Å²) in [5, 5.41) is 2.71. The molecule has 0 radical (unpaired) electrons. The summed E-state index contributed by atoms with van der Waals surface area (Å²) in [6.07, 6.45) is 2.94. The zero-order valence-corrected chi connectivity index (χ0v) is 11.3. The molecule has 1 N–H and O–H groups in total. The molecular weight excluding hydrogens is 292 g/mol. The fraction of sp³-hybridized carbons (Fsp3) is 0. The van der Waals surface area contributed by atoms with Gasteiger partial charge in [0.1, 0.15) is 0 Å². The van der Waals surface area contributed by atoms with E-state index >= 15 is 0 Å². The van der Waals surface area contributed by atoms with Crippen molar-refractivity contribution in [2.75, 3.05) is 0 Å². The standard InChI is InChI=1S/C11H7ClN2O2S2/c12-7-1-2-9-8(5-7)10(6-14-9)18(15,16)11-13-3-4-17-11/h1-6,14H. The second-order valence-corrected chi connectivity index (χ2v) is 7.07. The van der Waals surface area contributed by atoms with Gasteiger partial charge in [-0.1, -0.05) is 11.6 Å². The van der Waals surface area contributed by atoms with Gasteiger partial charge in [-0.15, -0.1) is 11.3 Å². The maximum Gasteiger partial charge on any atom is 0.235 e. The molecule has 1 aromatic carbocycles. The SMILES string of the molecule is O=S(=O)(c1nccs1)c1c[nH]c2ccc(Cl)cc12. The van der Waals surface area contributed by atoms with Gasteiger partial charge < -0.3 is 4.98 Å². The number of H-pyrrole nitrogens is 1. The fourth-order valence-electron chi connectivity index (χ4n) is 1.73. The van der Waals surface area contributed by atoms with Crippen molar-refractivity contribution in [3.8, 4) is 0 Å². The molecule has 0 bridgehead atoms. The molecule has 7 heteroatoms. The van der Waals surface area contributed by atoms with Gasteiger partial charge in [-0.2, -0.15) is 0 Å². The van der Waals surface area contributed by atoms with Crippen molar-refractivity contribution in [2.45, 2.75) is 9.24 Å². The molecule has 0 fully saturated rings. The first kappa shape index (κ1) is 11.7. The molecule has 2 heterocycles. The van der Waals surface area contributed by atoms with Crippen molar-refractivity contribution in [1.29, 1.82) is 0 Å². The third-order valence-electron chi connectivity index (χ3n) is 2.53. The highest BCUT2D eigenvalue weighted by Crippen LogP contribution is 2.30. The van der Waals surface area contributed by atoms with Crippen LogP contribution < -0.4 is 0 Å². The van der Waals surface area contributed by atoms with E-state index in [4.69, 9.17) is 11.6 Å². The Morgan fingerprint density at radius 1 is 1.33 bits per heavy atom. The molecule has 2 aromatic heterocycles. The minimum Gasteiger partial charge on any atom is -0.360 e. The number of sulfone groups is 1. The summed E-state index contributed by atoms with van der Waals surface area (Å²) in [6.45, 7) is 0. The number of aromatic nitrogens is 2. The van der Waals surface area contributed by atoms with E-state index in [2.05, 4.69) is 9.97 Å². The third-order valence-corrected chi connectivity index (χ3v) is 5.76. The Morgan fingerprint density at radius 3 is 2.89 bits per heavy atom. The highest BCUT2D eigenvalue weighted by atomic mass is 35.5. The molecule has 0 saturated carbocycles. The minimum absolute atomic E-state index is 0.0865. The van der Waals surface area contributed by atoms with Crippen molar-refractivity contribution < 1.29 is 8.42 Å². The van der Waals surface area contributed by atoms with Crippen molar-refractivity contribution in [1.82, 2.24) is 9.97 Å². The van der Waals surface area contributed by atoms with E-state index in [-0.39, 0.29) is 9.24 Å². The molecule has 3 aromatic rings. The van der Waals surface area contributed by atoms with Crippen LogP contribution in [0.15, 0.2) is 45.2 Å². The van der Waals surface area contributed by atoms with E-state index in [1.54, 1.807) is 23.6 Å². The van der Waals surface area contributed by atoms with Crippen molar-refractivity contribution in [2.24, 2.45) is 0 Å². The van der Waals surface area contributed by atoms with Gasteiger partial charge in [0.25, 0.3) is 0 Å². The first-order chi connectivity index (χ1) is 8.59. The summed E-state index contributed by atoms with van der Waals surface area (Å²) in [5.41, 5.74) is 0.731. The second-order valence-electron chi connectivity index (χ2n) is 3.64.